The fourth-order valence-corrected chi connectivity index (χ4v) is 2.52. The summed E-state index contributed by atoms with van der Waals surface area (Å²) < 4.78 is 11.0. The fraction of sp³-hybridized carbons (Fsp3) is 0.190. The Labute approximate surface area is 147 Å². The molecule has 3 aromatic rings. The van der Waals surface area contributed by atoms with Crippen LogP contribution in [0.2, 0.25) is 0 Å². The van der Waals surface area contributed by atoms with Crippen LogP contribution in [0.4, 0.5) is 0 Å². The van der Waals surface area contributed by atoms with Crippen LogP contribution in [0.5, 0.6) is 17.2 Å². The Morgan fingerprint density at radius 2 is 1.80 bits per heavy atom. The van der Waals surface area contributed by atoms with Gasteiger partial charge in [0.1, 0.15) is 11.3 Å². The van der Waals surface area contributed by atoms with Gasteiger partial charge in [-0.25, -0.2) is 4.98 Å². The van der Waals surface area contributed by atoms with Crippen LogP contribution in [-0.4, -0.2) is 17.2 Å². The molecule has 0 radical (unpaired) electrons. The zero-order valence-electron chi connectivity index (χ0n) is 14.6. The maximum Gasteiger partial charge on any atom is 0.185 e. The first-order chi connectivity index (χ1) is 12.1. The summed E-state index contributed by atoms with van der Waals surface area (Å²) in [7, 11) is 1.59. The lowest BCUT2D eigenvalue weighted by Gasteiger charge is -2.12. The molecule has 25 heavy (non-hydrogen) atoms. The first kappa shape index (κ1) is 16.8. The first-order valence-electron chi connectivity index (χ1n) is 8.19. The fourth-order valence-electron chi connectivity index (χ4n) is 2.52. The molecule has 0 aliphatic rings. The lowest BCUT2D eigenvalue weighted by atomic mass is 10.1. The van der Waals surface area contributed by atoms with Crippen LogP contribution in [0.3, 0.4) is 0 Å². The van der Waals surface area contributed by atoms with Crippen molar-refractivity contribution in [1.82, 2.24) is 4.98 Å². The largest absolute Gasteiger partial charge is 0.503 e. The van der Waals surface area contributed by atoms with Gasteiger partial charge in [0, 0.05) is 17.0 Å². The lowest BCUT2D eigenvalue weighted by molar-refractivity contribution is 0.395. The van der Waals surface area contributed by atoms with E-state index in [1.807, 2.05) is 62.4 Å². The van der Waals surface area contributed by atoms with Gasteiger partial charge < -0.3 is 14.6 Å². The molecule has 0 atom stereocenters. The number of rotatable bonds is 5. The lowest BCUT2D eigenvalue weighted by Crippen LogP contribution is -1.93. The highest BCUT2D eigenvalue weighted by molar-refractivity contribution is 5.93. The van der Waals surface area contributed by atoms with Crippen LogP contribution in [0.15, 0.2) is 60.9 Å². The molecule has 0 spiro atoms. The van der Waals surface area contributed by atoms with Crippen molar-refractivity contribution >= 4 is 10.9 Å². The van der Waals surface area contributed by atoms with Gasteiger partial charge in [0.2, 0.25) is 0 Å². The Bertz CT molecular complexity index is 902. The summed E-state index contributed by atoms with van der Waals surface area (Å²) in [5, 5.41) is 11.4. The van der Waals surface area contributed by atoms with Crippen LogP contribution in [-0.2, 0) is 0 Å². The maximum absolute atomic E-state index is 10.6. The van der Waals surface area contributed by atoms with E-state index < -0.39 is 0 Å². The number of fused-ring (bicyclic) bond motifs is 1. The van der Waals surface area contributed by atoms with E-state index in [2.05, 4.69) is 4.98 Å². The minimum absolute atomic E-state index is 0.00184. The predicted octanol–water partition coefficient (Wildman–Crippen LogP) is 5.16. The van der Waals surface area contributed by atoms with Crippen LogP contribution in [0.25, 0.3) is 22.2 Å². The average molecular weight is 335 g/mol. The van der Waals surface area contributed by atoms with Gasteiger partial charge in [-0.3, -0.25) is 0 Å². The molecule has 0 amide bonds. The molecule has 4 heteroatoms. The van der Waals surface area contributed by atoms with Crippen LogP contribution < -0.4 is 9.47 Å². The molecule has 128 valence electrons. The summed E-state index contributed by atoms with van der Waals surface area (Å²) in [6, 6.07) is 15.3. The smallest absolute Gasteiger partial charge is 0.185 e. The molecule has 0 aliphatic heterocycles. The molecule has 1 N–H and O–H groups in total. The molecule has 0 aliphatic carbocycles. The number of phenols is 1. The van der Waals surface area contributed by atoms with Gasteiger partial charge in [-0.2, -0.15) is 0 Å². The number of aromatic nitrogens is 1. The van der Waals surface area contributed by atoms with Crippen molar-refractivity contribution in [3.63, 3.8) is 0 Å². The van der Waals surface area contributed by atoms with Gasteiger partial charge in [-0.1, -0.05) is 44.2 Å². The van der Waals surface area contributed by atoms with Gasteiger partial charge in [0.05, 0.1) is 19.1 Å². The Hall–Kier alpha value is -3.01. The number of phenolic OH excluding ortho intramolecular Hbond substituents is 1. The van der Waals surface area contributed by atoms with E-state index in [1.54, 1.807) is 19.4 Å². The van der Waals surface area contributed by atoms with Crippen LogP contribution in [0, 0.1) is 5.92 Å². The number of pyridine rings is 1. The third kappa shape index (κ3) is 3.58. The molecular weight excluding hydrogens is 314 g/mol. The normalized spacial score (nSPS) is 11.4. The highest BCUT2D eigenvalue weighted by Gasteiger charge is 2.15. The van der Waals surface area contributed by atoms with Crippen molar-refractivity contribution < 1.29 is 14.6 Å². The molecule has 4 nitrogen and oxygen atoms in total. The summed E-state index contributed by atoms with van der Waals surface area (Å²) >= 11 is 0. The zero-order chi connectivity index (χ0) is 17.8. The van der Waals surface area contributed by atoms with Crippen molar-refractivity contribution in [2.75, 3.05) is 7.11 Å². The van der Waals surface area contributed by atoms with E-state index in [0.29, 0.717) is 22.9 Å². The van der Waals surface area contributed by atoms with Crippen molar-refractivity contribution in [2.45, 2.75) is 13.8 Å². The molecule has 0 fully saturated rings. The molecular formula is C21H21NO3. The van der Waals surface area contributed by atoms with Gasteiger partial charge in [0.15, 0.2) is 11.5 Å². The second kappa shape index (κ2) is 7.26. The topological polar surface area (TPSA) is 51.6 Å². The standard InChI is InChI=1S/C21H21NO3/c1-14(2)11-12-25-19-13-18(24-3)16-9-10-17(22-20(16)21(19)23)15-7-5-4-6-8-15/h4-14,23H,1-3H3. The number of nitrogens with zero attached hydrogens (tertiary/aromatic N) is 1. The second-order valence-electron chi connectivity index (χ2n) is 6.07. The third-order valence-corrected chi connectivity index (χ3v) is 3.83. The van der Waals surface area contributed by atoms with Gasteiger partial charge >= 0.3 is 0 Å². The highest BCUT2D eigenvalue weighted by atomic mass is 16.5. The van der Waals surface area contributed by atoms with Crippen molar-refractivity contribution in [2.24, 2.45) is 5.92 Å². The van der Waals surface area contributed by atoms with E-state index in [1.165, 1.54) is 0 Å². The molecule has 3 rings (SSSR count). The molecule has 0 saturated carbocycles. The van der Waals surface area contributed by atoms with E-state index in [4.69, 9.17) is 9.47 Å². The van der Waals surface area contributed by atoms with Crippen molar-refractivity contribution in [1.29, 1.82) is 0 Å². The van der Waals surface area contributed by atoms with Crippen LogP contribution >= 0.6 is 0 Å². The number of ether oxygens (including phenoxy) is 2. The van der Waals surface area contributed by atoms with Crippen molar-refractivity contribution in [3.8, 4) is 28.5 Å². The Balaban J connectivity index is 2.12. The minimum atomic E-state index is 0.00184. The highest BCUT2D eigenvalue weighted by Crippen LogP contribution is 2.40. The molecule has 1 aromatic heterocycles. The Morgan fingerprint density at radius 1 is 1.04 bits per heavy atom. The summed E-state index contributed by atoms with van der Waals surface area (Å²) in [5.74, 6) is 1.28. The summed E-state index contributed by atoms with van der Waals surface area (Å²) in [6.07, 6.45) is 3.48. The van der Waals surface area contributed by atoms with Gasteiger partial charge in [0.25, 0.3) is 0 Å². The summed E-state index contributed by atoms with van der Waals surface area (Å²) in [4.78, 5) is 4.62. The number of hydrogen-bond acceptors (Lipinski definition) is 4. The van der Waals surface area contributed by atoms with Crippen LogP contribution in [0.1, 0.15) is 13.8 Å². The van der Waals surface area contributed by atoms with Gasteiger partial charge in [-0.05, 0) is 24.1 Å². The molecule has 0 saturated heterocycles. The van der Waals surface area contributed by atoms with E-state index in [9.17, 15) is 5.11 Å². The third-order valence-electron chi connectivity index (χ3n) is 3.83. The number of aromatic hydroxyl groups is 1. The molecule has 2 aromatic carbocycles. The number of methoxy groups -OCH3 is 1. The summed E-state index contributed by atoms with van der Waals surface area (Å²) in [6.45, 7) is 4.10. The minimum Gasteiger partial charge on any atom is -0.503 e. The van der Waals surface area contributed by atoms with Crippen molar-refractivity contribution in [3.05, 3.63) is 60.9 Å². The quantitative estimate of drug-likeness (QED) is 0.654. The Kier molecular flexibility index (Phi) is 4.89. The number of hydrogen-bond donors (Lipinski definition) is 1. The maximum atomic E-state index is 10.6. The SMILES string of the molecule is COc1cc(OC=CC(C)C)c(O)c2nc(-c3ccccc3)ccc12. The van der Waals surface area contributed by atoms with E-state index >= 15 is 0 Å². The van der Waals surface area contributed by atoms with E-state index in [0.717, 1.165) is 16.6 Å². The number of benzene rings is 2. The van der Waals surface area contributed by atoms with Gasteiger partial charge in [-0.15, -0.1) is 0 Å². The first-order valence-corrected chi connectivity index (χ1v) is 8.19. The number of allylic oxidation sites excluding steroid dienone is 1. The Morgan fingerprint density at radius 3 is 2.48 bits per heavy atom. The molecule has 0 bridgehead atoms. The van der Waals surface area contributed by atoms with E-state index in [-0.39, 0.29) is 5.75 Å². The second-order valence-corrected chi connectivity index (χ2v) is 6.07. The molecule has 1 heterocycles. The molecule has 0 unspecified atom stereocenters. The predicted molar refractivity (Wildman–Crippen MR) is 100 cm³/mol. The zero-order valence-corrected chi connectivity index (χ0v) is 14.6. The average Bonchev–Trinajstić information content (AvgIpc) is 2.64. The summed E-state index contributed by atoms with van der Waals surface area (Å²) in [5.41, 5.74) is 2.21. The monoisotopic (exact) mass is 335 g/mol.